The van der Waals surface area contributed by atoms with Crippen molar-refractivity contribution in [3.8, 4) is 5.75 Å². The number of nitrogens with one attached hydrogen (secondary N) is 1. The summed E-state index contributed by atoms with van der Waals surface area (Å²) in [7, 11) is 0. The van der Waals surface area contributed by atoms with Gasteiger partial charge < -0.3 is 10.1 Å². The van der Waals surface area contributed by atoms with Gasteiger partial charge in [0, 0.05) is 16.4 Å². The molecule has 0 aliphatic rings. The molecule has 94 valence electrons. The summed E-state index contributed by atoms with van der Waals surface area (Å²) < 4.78 is 6.54. The molecule has 0 saturated heterocycles. The number of rotatable bonds is 4. The quantitative estimate of drug-likeness (QED) is 0.910. The first-order valence-electron chi connectivity index (χ1n) is 5.78. The van der Waals surface area contributed by atoms with Crippen LogP contribution in [0.1, 0.15) is 13.8 Å². The molecule has 0 aliphatic carbocycles. The van der Waals surface area contributed by atoms with Crippen LogP contribution in [0.15, 0.2) is 47.2 Å². The van der Waals surface area contributed by atoms with Crippen LogP contribution in [0.3, 0.4) is 0 Å². The number of halogens is 1. The standard InChI is InChI=1S/C14H15BrN2O/c1-10(2)18-14-5-3-12(4-6-14)17-13-7-11(15)8-16-9-13/h3-10,17H,1-2H3. The van der Waals surface area contributed by atoms with Gasteiger partial charge in [-0.2, -0.15) is 0 Å². The van der Waals surface area contributed by atoms with Gasteiger partial charge in [0.25, 0.3) is 0 Å². The number of benzene rings is 1. The molecule has 2 aromatic rings. The second-order valence-electron chi connectivity index (χ2n) is 4.21. The minimum Gasteiger partial charge on any atom is -0.491 e. The zero-order valence-electron chi connectivity index (χ0n) is 10.4. The smallest absolute Gasteiger partial charge is 0.119 e. The second kappa shape index (κ2) is 5.87. The van der Waals surface area contributed by atoms with Crippen LogP contribution in [-0.2, 0) is 0 Å². The lowest BCUT2D eigenvalue weighted by Crippen LogP contribution is -2.05. The summed E-state index contributed by atoms with van der Waals surface area (Å²) in [6.45, 7) is 4.03. The average Bonchev–Trinajstić information content (AvgIpc) is 2.31. The van der Waals surface area contributed by atoms with Gasteiger partial charge in [0.1, 0.15) is 5.75 Å². The molecule has 2 rings (SSSR count). The zero-order chi connectivity index (χ0) is 13.0. The average molecular weight is 307 g/mol. The molecule has 1 heterocycles. The van der Waals surface area contributed by atoms with Crippen molar-refractivity contribution in [3.63, 3.8) is 0 Å². The van der Waals surface area contributed by atoms with E-state index in [0.717, 1.165) is 21.6 Å². The van der Waals surface area contributed by atoms with Gasteiger partial charge in [-0.25, -0.2) is 0 Å². The van der Waals surface area contributed by atoms with Crippen molar-refractivity contribution in [2.24, 2.45) is 0 Å². The molecule has 0 radical (unpaired) electrons. The Morgan fingerprint density at radius 3 is 2.44 bits per heavy atom. The summed E-state index contributed by atoms with van der Waals surface area (Å²) in [6, 6.07) is 9.85. The first-order chi connectivity index (χ1) is 8.63. The molecule has 3 nitrogen and oxygen atoms in total. The predicted octanol–water partition coefficient (Wildman–Crippen LogP) is 4.37. The van der Waals surface area contributed by atoms with E-state index < -0.39 is 0 Å². The molecule has 0 fully saturated rings. The van der Waals surface area contributed by atoms with E-state index in [1.807, 2.05) is 44.2 Å². The highest BCUT2D eigenvalue weighted by Gasteiger charge is 1.99. The fourth-order valence-corrected chi connectivity index (χ4v) is 1.90. The molecular formula is C14H15BrN2O. The molecule has 0 spiro atoms. The van der Waals surface area contributed by atoms with Crippen molar-refractivity contribution in [2.45, 2.75) is 20.0 Å². The van der Waals surface area contributed by atoms with Crippen LogP contribution in [-0.4, -0.2) is 11.1 Å². The molecule has 0 atom stereocenters. The van der Waals surface area contributed by atoms with Crippen LogP contribution in [0.2, 0.25) is 0 Å². The van der Waals surface area contributed by atoms with Gasteiger partial charge in [-0.05, 0) is 60.1 Å². The van der Waals surface area contributed by atoms with Gasteiger partial charge in [0.05, 0.1) is 18.0 Å². The van der Waals surface area contributed by atoms with Crippen molar-refractivity contribution in [2.75, 3.05) is 5.32 Å². The van der Waals surface area contributed by atoms with Crippen LogP contribution in [0, 0.1) is 0 Å². The van der Waals surface area contributed by atoms with Gasteiger partial charge in [0.15, 0.2) is 0 Å². The molecule has 1 N–H and O–H groups in total. The Morgan fingerprint density at radius 1 is 1.11 bits per heavy atom. The van der Waals surface area contributed by atoms with Crippen molar-refractivity contribution in [1.29, 1.82) is 0 Å². The van der Waals surface area contributed by atoms with Crippen LogP contribution >= 0.6 is 15.9 Å². The number of ether oxygens (including phenoxy) is 1. The molecule has 1 aromatic carbocycles. The van der Waals surface area contributed by atoms with Crippen LogP contribution in [0.25, 0.3) is 0 Å². The Kier molecular flexibility index (Phi) is 4.20. The maximum absolute atomic E-state index is 5.59. The molecule has 0 aliphatic heterocycles. The Morgan fingerprint density at radius 2 is 1.83 bits per heavy atom. The monoisotopic (exact) mass is 306 g/mol. The molecule has 0 unspecified atom stereocenters. The summed E-state index contributed by atoms with van der Waals surface area (Å²) >= 11 is 3.39. The lowest BCUT2D eigenvalue weighted by Gasteiger charge is -2.11. The first-order valence-corrected chi connectivity index (χ1v) is 6.57. The number of nitrogens with zero attached hydrogens (tertiary/aromatic N) is 1. The van der Waals surface area contributed by atoms with Crippen molar-refractivity contribution >= 4 is 27.3 Å². The summed E-state index contributed by atoms with van der Waals surface area (Å²) in [4.78, 5) is 4.10. The molecule has 0 amide bonds. The van der Waals surface area contributed by atoms with Crippen LogP contribution in [0.4, 0.5) is 11.4 Å². The van der Waals surface area contributed by atoms with Gasteiger partial charge in [0.2, 0.25) is 0 Å². The van der Waals surface area contributed by atoms with Crippen molar-refractivity contribution in [1.82, 2.24) is 4.98 Å². The Balaban J connectivity index is 2.06. The minimum absolute atomic E-state index is 0.193. The number of aromatic nitrogens is 1. The maximum atomic E-state index is 5.59. The third-order valence-electron chi connectivity index (χ3n) is 2.22. The Hall–Kier alpha value is -1.55. The third kappa shape index (κ3) is 3.74. The first kappa shape index (κ1) is 12.9. The predicted molar refractivity (Wildman–Crippen MR) is 77.4 cm³/mol. The molecule has 18 heavy (non-hydrogen) atoms. The highest BCUT2D eigenvalue weighted by atomic mass is 79.9. The summed E-state index contributed by atoms with van der Waals surface area (Å²) in [5.41, 5.74) is 1.95. The number of hydrogen-bond donors (Lipinski definition) is 1. The van der Waals surface area contributed by atoms with E-state index in [-0.39, 0.29) is 6.10 Å². The molecular weight excluding hydrogens is 292 g/mol. The lowest BCUT2D eigenvalue weighted by molar-refractivity contribution is 0.242. The number of hydrogen-bond acceptors (Lipinski definition) is 3. The summed E-state index contributed by atoms with van der Waals surface area (Å²) in [6.07, 6.45) is 3.73. The topological polar surface area (TPSA) is 34.1 Å². The minimum atomic E-state index is 0.193. The van der Waals surface area contributed by atoms with Gasteiger partial charge >= 0.3 is 0 Å². The maximum Gasteiger partial charge on any atom is 0.119 e. The van der Waals surface area contributed by atoms with Gasteiger partial charge in [-0.1, -0.05) is 0 Å². The van der Waals surface area contributed by atoms with Crippen LogP contribution < -0.4 is 10.1 Å². The van der Waals surface area contributed by atoms with Crippen molar-refractivity contribution in [3.05, 3.63) is 47.2 Å². The Bertz CT molecular complexity index is 511. The van der Waals surface area contributed by atoms with E-state index in [2.05, 4.69) is 26.2 Å². The van der Waals surface area contributed by atoms with E-state index in [4.69, 9.17) is 4.74 Å². The molecule has 4 heteroatoms. The SMILES string of the molecule is CC(C)Oc1ccc(Nc2cncc(Br)c2)cc1. The van der Waals surface area contributed by atoms with E-state index in [9.17, 15) is 0 Å². The zero-order valence-corrected chi connectivity index (χ0v) is 11.9. The summed E-state index contributed by atoms with van der Waals surface area (Å²) in [5, 5.41) is 3.28. The third-order valence-corrected chi connectivity index (χ3v) is 2.65. The Labute approximate surface area is 115 Å². The highest BCUT2D eigenvalue weighted by molar-refractivity contribution is 9.10. The second-order valence-corrected chi connectivity index (χ2v) is 5.12. The van der Waals surface area contributed by atoms with Gasteiger partial charge in [-0.3, -0.25) is 4.98 Å². The number of anilines is 2. The largest absolute Gasteiger partial charge is 0.491 e. The fraction of sp³-hybridized carbons (Fsp3) is 0.214. The van der Waals surface area contributed by atoms with Crippen LogP contribution in [0.5, 0.6) is 5.75 Å². The van der Waals surface area contributed by atoms with E-state index in [1.165, 1.54) is 0 Å². The van der Waals surface area contributed by atoms with Crippen molar-refractivity contribution < 1.29 is 4.74 Å². The molecule has 0 saturated carbocycles. The molecule has 0 bridgehead atoms. The lowest BCUT2D eigenvalue weighted by atomic mass is 10.3. The number of pyridine rings is 1. The van der Waals surface area contributed by atoms with E-state index in [1.54, 1.807) is 12.4 Å². The normalized spacial score (nSPS) is 10.4. The summed E-state index contributed by atoms with van der Waals surface area (Å²) in [5.74, 6) is 0.878. The van der Waals surface area contributed by atoms with Gasteiger partial charge in [-0.15, -0.1) is 0 Å². The fourth-order valence-electron chi connectivity index (χ4n) is 1.54. The van der Waals surface area contributed by atoms with E-state index >= 15 is 0 Å². The van der Waals surface area contributed by atoms with E-state index in [0.29, 0.717) is 0 Å². The molecule has 1 aromatic heterocycles. The highest BCUT2D eigenvalue weighted by Crippen LogP contribution is 2.21.